The van der Waals surface area contributed by atoms with Crippen molar-refractivity contribution in [3.63, 3.8) is 0 Å². The van der Waals surface area contributed by atoms with Gasteiger partial charge in [0.05, 0.1) is 6.42 Å². The summed E-state index contributed by atoms with van der Waals surface area (Å²) in [6, 6.07) is -2.09. The molecule has 1 rings (SSSR count). The van der Waals surface area contributed by atoms with E-state index in [1.54, 1.807) is 27.7 Å². The quantitative estimate of drug-likeness (QED) is 0.340. The second-order valence-electron chi connectivity index (χ2n) is 8.90. The summed E-state index contributed by atoms with van der Waals surface area (Å²) in [5.74, 6) is -3.04. The SMILES string of the molecule is C[C@H](NC(=O)OC(C)(C)C)C(=O)NCC1CCC(C(=O)N[C@H](CC(N)=O)C(=O)O)CC1. The first-order chi connectivity index (χ1) is 14.3. The highest BCUT2D eigenvalue weighted by Crippen LogP contribution is 2.28. The molecule has 6 N–H and O–H groups in total. The Hall–Kier alpha value is -2.85. The Balaban J connectivity index is 2.38. The molecule has 1 aliphatic rings. The number of aliphatic carboxylic acids is 1. The van der Waals surface area contributed by atoms with Gasteiger partial charge >= 0.3 is 12.1 Å². The first-order valence-electron chi connectivity index (χ1n) is 10.4. The molecule has 0 aromatic heterocycles. The lowest BCUT2D eigenvalue weighted by Crippen LogP contribution is -2.48. The fourth-order valence-electron chi connectivity index (χ4n) is 3.27. The highest BCUT2D eigenvalue weighted by molar-refractivity contribution is 5.89. The number of nitrogens with one attached hydrogen (secondary N) is 3. The lowest BCUT2D eigenvalue weighted by atomic mass is 9.81. The molecule has 0 unspecified atom stereocenters. The molecule has 0 aromatic rings. The van der Waals surface area contributed by atoms with Crippen molar-refractivity contribution in [1.29, 1.82) is 0 Å². The summed E-state index contributed by atoms with van der Waals surface area (Å²) >= 11 is 0. The van der Waals surface area contributed by atoms with E-state index in [9.17, 15) is 24.0 Å². The lowest BCUT2D eigenvalue weighted by Gasteiger charge is -2.29. The highest BCUT2D eigenvalue weighted by Gasteiger charge is 2.30. The van der Waals surface area contributed by atoms with Crippen molar-refractivity contribution in [3.05, 3.63) is 0 Å². The standard InChI is InChI=1S/C20H34N4O7/c1-11(23-19(30)31-20(2,3)4)16(26)22-10-12-5-7-13(8-6-12)17(27)24-14(18(28)29)9-15(21)25/h11-14H,5-10H2,1-4H3,(H2,21,25)(H,22,26)(H,23,30)(H,24,27)(H,28,29)/t11-,12?,13?,14+/m0/s1. The van der Waals surface area contributed by atoms with Crippen LogP contribution >= 0.6 is 0 Å². The van der Waals surface area contributed by atoms with Crippen LogP contribution in [0, 0.1) is 11.8 Å². The number of hydrogen-bond donors (Lipinski definition) is 5. The van der Waals surface area contributed by atoms with E-state index in [2.05, 4.69) is 16.0 Å². The lowest BCUT2D eigenvalue weighted by molar-refractivity contribution is -0.144. The summed E-state index contributed by atoms with van der Waals surface area (Å²) in [5, 5.41) is 16.7. The number of carboxylic acid groups (broad SMARTS) is 1. The number of ether oxygens (including phenoxy) is 1. The highest BCUT2D eigenvalue weighted by atomic mass is 16.6. The number of hydrogen-bond acceptors (Lipinski definition) is 6. The maximum absolute atomic E-state index is 12.3. The van der Waals surface area contributed by atoms with Crippen LogP contribution in [0.3, 0.4) is 0 Å². The Morgan fingerprint density at radius 2 is 1.65 bits per heavy atom. The third kappa shape index (κ3) is 10.1. The van der Waals surface area contributed by atoms with E-state index in [1.807, 2.05) is 0 Å². The third-order valence-electron chi connectivity index (χ3n) is 4.93. The van der Waals surface area contributed by atoms with Crippen molar-refractivity contribution >= 4 is 29.8 Å². The van der Waals surface area contributed by atoms with Crippen LogP contribution in [-0.2, 0) is 23.9 Å². The van der Waals surface area contributed by atoms with Crippen molar-refractivity contribution in [2.45, 2.75) is 77.5 Å². The summed E-state index contributed by atoms with van der Waals surface area (Å²) < 4.78 is 5.12. The van der Waals surface area contributed by atoms with Crippen LogP contribution in [0.15, 0.2) is 0 Å². The second-order valence-corrected chi connectivity index (χ2v) is 8.90. The van der Waals surface area contributed by atoms with E-state index in [1.165, 1.54) is 0 Å². The van der Waals surface area contributed by atoms with Gasteiger partial charge in [0.25, 0.3) is 0 Å². The van der Waals surface area contributed by atoms with E-state index in [0.29, 0.717) is 32.2 Å². The summed E-state index contributed by atoms with van der Waals surface area (Å²) in [5.41, 5.74) is 4.36. The summed E-state index contributed by atoms with van der Waals surface area (Å²) in [7, 11) is 0. The molecule has 176 valence electrons. The predicted molar refractivity (Wildman–Crippen MR) is 111 cm³/mol. The van der Waals surface area contributed by atoms with Gasteiger partial charge in [-0.2, -0.15) is 0 Å². The van der Waals surface area contributed by atoms with E-state index in [0.717, 1.165) is 0 Å². The topological polar surface area (TPSA) is 177 Å². The third-order valence-corrected chi connectivity index (χ3v) is 4.93. The average molecular weight is 443 g/mol. The van der Waals surface area contributed by atoms with Crippen LogP contribution in [-0.4, -0.2) is 59.1 Å². The molecule has 2 atom stereocenters. The maximum atomic E-state index is 12.3. The molecular formula is C20H34N4O7. The fraction of sp³-hybridized carbons (Fsp3) is 0.750. The number of carbonyl (C=O) groups excluding carboxylic acids is 4. The van der Waals surface area contributed by atoms with Gasteiger partial charge in [0, 0.05) is 12.5 Å². The molecule has 0 saturated heterocycles. The van der Waals surface area contributed by atoms with E-state index >= 15 is 0 Å². The molecule has 0 radical (unpaired) electrons. The van der Waals surface area contributed by atoms with Gasteiger partial charge in [0.1, 0.15) is 17.7 Å². The molecule has 0 aliphatic heterocycles. The number of carboxylic acids is 1. The summed E-state index contributed by atoms with van der Waals surface area (Å²) in [4.78, 5) is 58.3. The maximum Gasteiger partial charge on any atom is 0.408 e. The zero-order chi connectivity index (χ0) is 23.8. The first kappa shape index (κ1) is 26.2. The molecule has 0 spiro atoms. The molecule has 11 heteroatoms. The van der Waals surface area contributed by atoms with Gasteiger partial charge in [-0.15, -0.1) is 0 Å². The number of carbonyl (C=O) groups is 5. The predicted octanol–water partition coefficient (Wildman–Crippen LogP) is 0.267. The normalized spacial score (nSPS) is 20.6. The van der Waals surface area contributed by atoms with Gasteiger partial charge in [-0.05, 0) is 59.3 Å². The Morgan fingerprint density at radius 1 is 1.06 bits per heavy atom. The zero-order valence-electron chi connectivity index (χ0n) is 18.5. The molecule has 4 amide bonds. The number of rotatable bonds is 9. The molecule has 0 bridgehead atoms. The van der Waals surface area contributed by atoms with Gasteiger partial charge in [-0.25, -0.2) is 9.59 Å². The van der Waals surface area contributed by atoms with Crippen LogP contribution in [0.4, 0.5) is 4.79 Å². The van der Waals surface area contributed by atoms with Crippen molar-refractivity contribution in [2.24, 2.45) is 17.6 Å². The Bertz CT molecular complexity index is 682. The minimum absolute atomic E-state index is 0.169. The van der Waals surface area contributed by atoms with E-state index < -0.39 is 48.0 Å². The van der Waals surface area contributed by atoms with Crippen LogP contribution in [0.25, 0.3) is 0 Å². The molecule has 1 fully saturated rings. The molecule has 1 saturated carbocycles. The number of amides is 4. The van der Waals surface area contributed by atoms with Crippen LogP contribution in [0.2, 0.25) is 0 Å². The van der Waals surface area contributed by atoms with Gasteiger partial charge in [0.15, 0.2) is 0 Å². The van der Waals surface area contributed by atoms with Gasteiger partial charge < -0.3 is 31.5 Å². The minimum Gasteiger partial charge on any atom is -0.480 e. The molecule has 11 nitrogen and oxygen atoms in total. The van der Waals surface area contributed by atoms with Crippen molar-refractivity contribution in [1.82, 2.24) is 16.0 Å². The summed E-state index contributed by atoms with van der Waals surface area (Å²) in [6.07, 6.45) is 1.32. The largest absolute Gasteiger partial charge is 0.480 e. The van der Waals surface area contributed by atoms with Crippen LogP contribution in [0.1, 0.15) is 59.8 Å². The van der Waals surface area contributed by atoms with Gasteiger partial charge in [-0.3, -0.25) is 14.4 Å². The number of nitrogens with two attached hydrogens (primary N) is 1. The second kappa shape index (κ2) is 11.5. The van der Waals surface area contributed by atoms with Crippen LogP contribution < -0.4 is 21.7 Å². The number of alkyl carbamates (subject to hydrolysis) is 1. The fourth-order valence-corrected chi connectivity index (χ4v) is 3.27. The zero-order valence-corrected chi connectivity index (χ0v) is 18.5. The van der Waals surface area contributed by atoms with Crippen molar-refractivity contribution < 1.29 is 33.8 Å². The van der Waals surface area contributed by atoms with Crippen molar-refractivity contribution in [3.8, 4) is 0 Å². The Kier molecular flexibility index (Phi) is 9.73. The Labute approximate surface area is 181 Å². The molecular weight excluding hydrogens is 408 g/mol. The van der Waals surface area contributed by atoms with E-state index in [4.69, 9.17) is 15.6 Å². The molecule has 0 heterocycles. The number of primary amides is 1. The van der Waals surface area contributed by atoms with Gasteiger partial charge in [-0.1, -0.05) is 0 Å². The van der Waals surface area contributed by atoms with Crippen LogP contribution in [0.5, 0.6) is 0 Å². The monoisotopic (exact) mass is 442 g/mol. The smallest absolute Gasteiger partial charge is 0.408 e. The molecule has 31 heavy (non-hydrogen) atoms. The molecule has 0 aromatic carbocycles. The van der Waals surface area contributed by atoms with E-state index in [-0.39, 0.29) is 17.7 Å². The molecule has 1 aliphatic carbocycles. The Morgan fingerprint density at radius 3 is 2.13 bits per heavy atom. The average Bonchev–Trinajstić information content (AvgIpc) is 2.63. The summed E-state index contributed by atoms with van der Waals surface area (Å²) in [6.45, 7) is 7.16. The first-order valence-corrected chi connectivity index (χ1v) is 10.4. The van der Waals surface area contributed by atoms with Crippen molar-refractivity contribution in [2.75, 3.05) is 6.54 Å². The van der Waals surface area contributed by atoms with Gasteiger partial charge in [0.2, 0.25) is 17.7 Å². The minimum atomic E-state index is -1.33.